The number of nitrogens with zero attached hydrogens (tertiary/aromatic N) is 5. The van der Waals surface area contributed by atoms with E-state index in [-0.39, 0.29) is 5.28 Å². The molecule has 0 saturated carbocycles. The predicted molar refractivity (Wildman–Crippen MR) is 111 cm³/mol. The van der Waals surface area contributed by atoms with E-state index in [1.165, 1.54) is 0 Å². The van der Waals surface area contributed by atoms with Crippen LogP contribution in [-0.2, 0) is 6.54 Å². The third-order valence-corrected chi connectivity index (χ3v) is 5.22. The van der Waals surface area contributed by atoms with E-state index >= 15 is 0 Å². The minimum Gasteiger partial charge on any atom is -0.339 e. The van der Waals surface area contributed by atoms with Crippen LogP contribution >= 0.6 is 22.9 Å². The van der Waals surface area contributed by atoms with Crippen molar-refractivity contribution in [2.24, 2.45) is 0 Å². The van der Waals surface area contributed by atoms with E-state index in [0.29, 0.717) is 18.3 Å². The largest absolute Gasteiger partial charge is 0.339 e. The molecule has 0 aliphatic carbocycles. The highest BCUT2D eigenvalue weighted by Gasteiger charge is 2.14. The second kappa shape index (κ2) is 7.46. The first-order valence-electron chi connectivity index (χ1n) is 8.36. The van der Waals surface area contributed by atoms with Gasteiger partial charge >= 0.3 is 0 Å². The molecule has 8 heteroatoms. The Balaban J connectivity index is 1.63. The van der Waals surface area contributed by atoms with Crippen molar-refractivity contribution < 1.29 is 0 Å². The molecular formula is C19H17ClN6S. The van der Waals surface area contributed by atoms with Crippen molar-refractivity contribution in [2.75, 3.05) is 17.3 Å². The number of thiophene rings is 1. The number of aryl methyl sites for hydroxylation is 1. The summed E-state index contributed by atoms with van der Waals surface area (Å²) < 4.78 is 0.969. The lowest BCUT2D eigenvalue weighted by Gasteiger charge is -2.15. The highest BCUT2D eigenvalue weighted by atomic mass is 35.5. The number of aromatic nitrogens is 4. The summed E-state index contributed by atoms with van der Waals surface area (Å²) in [6, 6.07) is 11.9. The number of para-hydroxylation sites is 1. The maximum atomic E-state index is 6.13. The van der Waals surface area contributed by atoms with Crippen molar-refractivity contribution in [2.45, 2.75) is 13.5 Å². The van der Waals surface area contributed by atoms with Gasteiger partial charge in [-0.3, -0.25) is 0 Å². The van der Waals surface area contributed by atoms with Gasteiger partial charge in [-0.2, -0.15) is 4.98 Å². The lowest BCUT2D eigenvalue weighted by Crippen LogP contribution is -2.18. The quantitative estimate of drug-likeness (QED) is 0.487. The van der Waals surface area contributed by atoms with Crippen LogP contribution in [0.2, 0.25) is 5.28 Å². The maximum absolute atomic E-state index is 6.13. The van der Waals surface area contributed by atoms with Crippen LogP contribution in [0.15, 0.2) is 48.8 Å². The van der Waals surface area contributed by atoms with Crippen molar-refractivity contribution in [3.05, 3.63) is 64.5 Å². The van der Waals surface area contributed by atoms with Gasteiger partial charge in [0.2, 0.25) is 11.2 Å². The highest BCUT2D eigenvalue weighted by Crippen LogP contribution is 2.33. The molecule has 27 heavy (non-hydrogen) atoms. The van der Waals surface area contributed by atoms with Crippen molar-refractivity contribution in [3.63, 3.8) is 0 Å². The number of fused-ring (bicyclic) bond motifs is 1. The van der Waals surface area contributed by atoms with E-state index in [1.54, 1.807) is 11.3 Å². The number of rotatable bonds is 5. The first-order chi connectivity index (χ1) is 13.1. The van der Waals surface area contributed by atoms with E-state index in [0.717, 1.165) is 26.3 Å². The molecule has 3 heterocycles. The van der Waals surface area contributed by atoms with Crippen LogP contribution in [0, 0.1) is 6.92 Å². The van der Waals surface area contributed by atoms with Crippen LogP contribution in [0.3, 0.4) is 0 Å². The van der Waals surface area contributed by atoms with Crippen molar-refractivity contribution >= 4 is 50.6 Å². The number of anilines is 3. The molecule has 0 spiro atoms. The average Bonchev–Trinajstić information content (AvgIpc) is 3.05. The average molecular weight is 397 g/mol. The van der Waals surface area contributed by atoms with Gasteiger partial charge in [-0.1, -0.05) is 18.2 Å². The molecular weight excluding hydrogens is 380 g/mol. The predicted octanol–water partition coefficient (Wildman–Crippen LogP) is 4.82. The summed E-state index contributed by atoms with van der Waals surface area (Å²) in [6.07, 6.45) is 3.63. The number of hydrogen-bond acceptors (Lipinski definition) is 7. The molecule has 0 aliphatic heterocycles. The molecule has 0 aliphatic rings. The van der Waals surface area contributed by atoms with Crippen LogP contribution in [-0.4, -0.2) is 27.0 Å². The van der Waals surface area contributed by atoms with E-state index in [1.807, 2.05) is 67.7 Å². The van der Waals surface area contributed by atoms with Crippen molar-refractivity contribution in [3.8, 4) is 0 Å². The summed E-state index contributed by atoms with van der Waals surface area (Å²) in [6.45, 7) is 2.64. The first kappa shape index (κ1) is 17.6. The lowest BCUT2D eigenvalue weighted by atomic mass is 10.3. The van der Waals surface area contributed by atoms with Crippen LogP contribution in [0.1, 0.15) is 10.4 Å². The molecule has 0 atom stereocenters. The summed E-state index contributed by atoms with van der Waals surface area (Å²) in [5.74, 6) is 1.39. The fraction of sp³-hybridized carbons (Fsp3) is 0.158. The molecule has 0 saturated heterocycles. The highest BCUT2D eigenvalue weighted by molar-refractivity contribution is 7.19. The van der Waals surface area contributed by atoms with Gasteiger partial charge < -0.3 is 10.2 Å². The van der Waals surface area contributed by atoms with Gasteiger partial charge in [0.1, 0.15) is 0 Å². The minimum atomic E-state index is 0.223. The zero-order valence-corrected chi connectivity index (χ0v) is 16.4. The first-order valence-corrected chi connectivity index (χ1v) is 9.56. The Bertz CT molecular complexity index is 1060. The Morgan fingerprint density at radius 1 is 1.11 bits per heavy atom. The number of nitrogens with one attached hydrogen (secondary N) is 1. The smallest absolute Gasteiger partial charge is 0.225 e. The molecule has 3 aromatic heterocycles. The number of benzene rings is 1. The summed E-state index contributed by atoms with van der Waals surface area (Å²) in [7, 11) is 1.97. The summed E-state index contributed by atoms with van der Waals surface area (Å²) in [4.78, 5) is 20.6. The zero-order valence-electron chi connectivity index (χ0n) is 14.8. The molecule has 136 valence electrons. The minimum absolute atomic E-state index is 0.223. The summed E-state index contributed by atoms with van der Waals surface area (Å²) >= 11 is 7.76. The fourth-order valence-electron chi connectivity index (χ4n) is 2.66. The van der Waals surface area contributed by atoms with Crippen LogP contribution in [0.5, 0.6) is 0 Å². The Kier molecular flexibility index (Phi) is 4.87. The van der Waals surface area contributed by atoms with Gasteiger partial charge in [-0.15, -0.1) is 11.3 Å². The molecule has 1 N–H and O–H groups in total. The molecule has 6 nitrogen and oxygen atoms in total. The molecule has 4 aromatic rings. The Morgan fingerprint density at radius 2 is 1.85 bits per heavy atom. The second-order valence-electron chi connectivity index (χ2n) is 6.18. The molecule has 0 amide bonds. The monoisotopic (exact) mass is 396 g/mol. The normalized spacial score (nSPS) is 10.9. The number of hydrogen-bond donors (Lipinski definition) is 1. The van der Waals surface area contributed by atoms with E-state index in [4.69, 9.17) is 11.6 Å². The van der Waals surface area contributed by atoms with Gasteiger partial charge in [-0.05, 0) is 42.3 Å². The van der Waals surface area contributed by atoms with Crippen LogP contribution in [0.25, 0.3) is 10.2 Å². The lowest BCUT2D eigenvalue weighted by molar-refractivity contribution is 0.875. The Hall–Kier alpha value is -2.77. The van der Waals surface area contributed by atoms with Gasteiger partial charge in [0.15, 0.2) is 5.82 Å². The van der Waals surface area contributed by atoms with Gasteiger partial charge in [0, 0.05) is 30.0 Å². The third-order valence-electron chi connectivity index (χ3n) is 3.93. The second-order valence-corrected chi connectivity index (χ2v) is 7.65. The van der Waals surface area contributed by atoms with Crippen molar-refractivity contribution in [1.29, 1.82) is 0 Å². The molecule has 1 aromatic carbocycles. The Labute approximate surface area is 165 Å². The molecule has 0 bridgehead atoms. The van der Waals surface area contributed by atoms with E-state index in [2.05, 4.69) is 25.3 Å². The number of halogens is 1. The maximum Gasteiger partial charge on any atom is 0.225 e. The topological polar surface area (TPSA) is 66.8 Å². The zero-order chi connectivity index (χ0) is 18.8. The van der Waals surface area contributed by atoms with Gasteiger partial charge in [0.25, 0.3) is 0 Å². The standard InChI is InChI=1S/C19H17ClN6S/c1-12-9-21-19(22-10-12)26(2)11-14-8-15-16(27-14)17(25-18(20)24-15)23-13-6-4-3-5-7-13/h3-10H,11H2,1-2H3,(H,23,24,25). The van der Waals surface area contributed by atoms with E-state index < -0.39 is 0 Å². The summed E-state index contributed by atoms with van der Waals surface area (Å²) in [5.41, 5.74) is 2.82. The molecule has 0 unspecified atom stereocenters. The van der Waals surface area contributed by atoms with Gasteiger partial charge in [-0.25, -0.2) is 15.0 Å². The summed E-state index contributed by atoms with van der Waals surface area (Å²) in [5, 5.41) is 3.55. The van der Waals surface area contributed by atoms with Gasteiger partial charge in [0.05, 0.1) is 16.8 Å². The third kappa shape index (κ3) is 3.99. The van der Waals surface area contributed by atoms with Crippen molar-refractivity contribution in [1.82, 2.24) is 19.9 Å². The SMILES string of the molecule is Cc1cnc(N(C)Cc2cc3nc(Cl)nc(Nc4ccccc4)c3s2)nc1. The van der Waals surface area contributed by atoms with Crippen LogP contribution in [0.4, 0.5) is 17.5 Å². The molecule has 0 fully saturated rings. The molecule has 4 rings (SSSR count). The van der Waals surface area contributed by atoms with Crippen LogP contribution < -0.4 is 10.2 Å². The van der Waals surface area contributed by atoms with E-state index in [9.17, 15) is 0 Å². The fourth-order valence-corrected chi connectivity index (χ4v) is 3.93. The Morgan fingerprint density at radius 3 is 2.59 bits per heavy atom. The molecule has 0 radical (unpaired) electrons.